The molecule has 0 saturated carbocycles. The van der Waals surface area contributed by atoms with Gasteiger partial charge in [-0.1, -0.05) is 94.9 Å². The third-order valence-corrected chi connectivity index (χ3v) is 9.95. The maximum atomic E-state index is 14.2. The Morgan fingerprint density at radius 1 is 0.556 bits per heavy atom. The topological polar surface area (TPSA) is 23.1 Å². The van der Waals surface area contributed by atoms with Crippen LogP contribution in [-0.4, -0.2) is 4.55 Å². The van der Waals surface area contributed by atoms with E-state index in [4.69, 9.17) is 46.4 Å². The fourth-order valence-electron chi connectivity index (χ4n) is 4.42. The fraction of sp³-hybridized carbons (Fsp3) is 0.200. The average molecular weight is 576 g/mol. The number of halogens is 4. The molecule has 186 valence electrons. The summed E-state index contributed by atoms with van der Waals surface area (Å²) in [4.78, 5) is 0. The Bertz CT molecular complexity index is 1310. The van der Waals surface area contributed by atoms with Crippen LogP contribution in [0.2, 0.25) is 20.1 Å². The molecule has 0 radical (unpaired) electrons. The molecule has 6 heteroatoms. The van der Waals surface area contributed by atoms with Crippen LogP contribution in [0.15, 0.2) is 84.9 Å². The Labute approximate surface area is 236 Å². The van der Waals surface area contributed by atoms with Crippen molar-refractivity contribution in [3.8, 4) is 22.3 Å². The molecule has 0 saturated heterocycles. The molecule has 0 fully saturated rings. The molecule has 4 aromatic rings. The first-order chi connectivity index (χ1) is 16.9. The standard InChI is InChI=1S/C30H26Cl4OS/c1-29(2,21-9-5-7-19(15-21)25-13-11-23(31)17-27(25)33)36(35)30(3,4)22-10-6-8-20(16-22)26-14-12-24(32)18-28(26)34/h5-18H,1-4H3. The zero-order valence-electron chi connectivity index (χ0n) is 20.4. The van der Waals surface area contributed by atoms with Crippen molar-refractivity contribution in [1.29, 1.82) is 0 Å². The second kappa shape index (κ2) is 10.6. The summed E-state index contributed by atoms with van der Waals surface area (Å²) < 4.78 is 12.9. The third-order valence-electron chi connectivity index (χ3n) is 6.53. The lowest BCUT2D eigenvalue weighted by molar-refractivity contribution is 0.514. The second-order valence-electron chi connectivity index (χ2n) is 9.70. The smallest absolute Gasteiger partial charge is 0.145 e. The lowest BCUT2D eigenvalue weighted by Crippen LogP contribution is -2.42. The van der Waals surface area contributed by atoms with Gasteiger partial charge >= 0.3 is 0 Å². The zero-order valence-corrected chi connectivity index (χ0v) is 24.3. The number of rotatable bonds is 6. The van der Waals surface area contributed by atoms with Gasteiger partial charge in [-0.05, 0) is 86.4 Å². The molecule has 0 aliphatic carbocycles. The molecular formula is C30H26Cl4OS. The maximum Gasteiger partial charge on any atom is 0.145 e. The van der Waals surface area contributed by atoms with Gasteiger partial charge < -0.3 is 4.55 Å². The van der Waals surface area contributed by atoms with Gasteiger partial charge in [0.1, 0.15) is 9.49 Å². The molecule has 0 aliphatic rings. The van der Waals surface area contributed by atoms with Crippen LogP contribution in [0.25, 0.3) is 22.3 Å². The molecular weight excluding hydrogens is 550 g/mol. The summed E-state index contributed by atoms with van der Waals surface area (Å²) in [7, 11) is 0. The van der Waals surface area contributed by atoms with E-state index in [1.54, 1.807) is 12.1 Å². The van der Waals surface area contributed by atoms with Crippen LogP contribution < -0.4 is 0 Å². The number of benzene rings is 4. The molecule has 4 aromatic carbocycles. The summed E-state index contributed by atoms with van der Waals surface area (Å²) in [5, 5.41) is 2.34. The minimum atomic E-state index is -1.30. The highest BCUT2D eigenvalue weighted by molar-refractivity contribution is 7.93. The summed E-state index contributed by atoms with van der Waals surface area (Å²) in [5.41, 5.74) is 5.61. The van der Waals surface area contributed by atoms with Crippen molar-refractivity contribution >= 4 is 57.6 Å². The van der Waals surface area contributed by atoms with Gasteiger partial charge in [-0.2, -0.15) is 0 Å². The Morgan fingerprint density at radius 3 is 1.31 bits per heavy atom. The molecule has 1 nitrogen and oxygen atoms in total. The molecule has 0 heterocycles. The van der Waals surface area contributed by atoms with Crippen LogP contribution in [0.4, 0.5) is 0 Å². The highest BCUT2D eigenvalue weighted by atomic mass is 35.5. The van der Waals surface area contributed by atoms with Gasteiger partial charge in [0, 0.05) is 42.3 Å². The van der Waals surface area contributed by atoms with Crippen molar-refractivity contribution < 1.29 is 4.55 Å². The molecule has 36 heavy (non-hydrogen) atoms. The quantitative estimate of drug-likeness (QED) is 0.210. The monoisotopic (exact) mass is 574 g/mol. The van der Waals surface area contributed by atoms with Crippen LogP contribution in [0, 0.1) is 0 Å². The van der Waals surface area contributed by atoms with E-state index in [-0.39, 0.29) is 0 Å². The number of hydrogen-bond donors (Lipinski definition) is 0. The summed E-state index contributed by atoms with van der Waals surface area (Å²) in [6.07, 6.45) is 0. The SMILES string of the molecule is CC(C)(c1cccc(-c2ccc(Cl)cc2Cl)c1)[S+]([O-])C(C)(C)c1cccc(-c2ccc(Cl)cc2Cl)c1. The van der Waals surface area contributed by atoms with Gasteiger partial charge in [0.15, 0.2) is 0 Å². The van der Waals surface area contributed by atoms with E-state index in [0.29, 0.717) is 20.1 Å². The van der Waals surface area contributed by atoms with Crippen molar-refractivity contribution in [3.63, 3.8) is 0 Å². The molecule has 0 spiro atoms. The first kappa shape index (κ1) is 27.4. The number of hydrogen-bond acceptors (Lipinski definition) is 1. The predicted molar refractivity (Wildman–Crippen MR) is 158 cm³/mol. The van der Waals surface area contributed by atoms with E-state index in [9.17, 15) is 4.55 Å². The summed E-state index contributed by atoms with van der Waals surface area (Å²) >= 11 is 23.8. The highest BCUT2D eigenvalue weighted by Crippen LogP contribution is 2.44. The molecule has 0 unspecified atom stereocenters. The molecule has 0 amide bonds. The van der Waals surface area contributed by atoms with Crippen molar-refractivity contribution in [2.24, 2.45) is 0 Å². The predicted octanol–water partition coefficient (Wildman–Crippen LogP) is 10.6. The lowest BCUT2D eigenvalue weighted by atomic mass is 9.96. The Balaban J connectivity index is 1.70. The molecule has 0 aliphatic heterocycles. The molecule has 0 bridgehead atoms. The van der Waals surface area contributed by atoms with Crippen molar-refractivity contribution in [3.05, 3.63) is 116 Å². The zero-order chi connectivity index (χ0) is 26.3. The molecule has 4 rings (SSSR count). The largest absolute Gasteiger partial charge is 0.615 e. The summed E-state index contributed by atoms with van der Waals surface area (Å²) in [6.45, 7) is 8.08. The average Bonchev–Trinajstić information content (AvgIpc) is 2.83. The van der Waals surface area contributed by atoms with Gasteiger partial charge in [-0.15, -0.1) is 0 Å². The highest BCUT2D eigenvalue weighted by Gasteiger charge is 2.46. The van der Waals surface area contributed by atoms with Crippen LogP contribution in [0.1, 0.15) is 38.8 Å². The molecule has 0 N–H and O–H groups in total. The Morgan fingerprint density at radius 2 is 0.944 bits per heavy atom. The van der Waals surface area contributed by atoms with E-state index in [1.807, 2.05) is 88.4 Å². The summed E-state index contributed by atoms with van der Waals surface area (Å²) in [6, 6.07) is 27.0. The van der Waals surface area contributed by atoms with E-state index >= 15 is 0 Å². The first-order valence-electron chi connectivity index (χ1n) is 11.4. The van der Waals surface area contributed by atoms with Gasteiger partial charge in [-0.25, -0.2) is 0 Å². The van der Waals surface area contributed by atoms with Crippen molar-refractivity contribution in [1.82, 2.24) is 0 Å². The second-order valence-corrected chi connectivity index (χ2v) is 14.0. The Hall–Kier alpha value is -1.65. The third kappa shape index (κ3) is 5.45. The van der Waals surface area contributed by atoms with E-state index in [2.05, 4.69) is 12.1 Å². The maximum absolute atomic E-state index is 14.2. The van der Waals surface area contributed by atoms with Gasteiger partial charge in [-0.3, -0.25) is 0 Å². The van der Waals surface area contributed by atoms with E-state index in [1.165, 1.54) is 0 Å². The Kier molecular flexibility index (Phi) is 8.07. The minimum Gasteiger partial charge on any atom is -0.615 e. The van der Waals surface area contributed by atoms with Crippen LogP contribution in [0.3, 0.4) is 0 Å². The van der Waals surface area contributed by atoms with Crippen molar-refractivity contribution in [2.45, 2.75) is 37.2 Å². The normalized spacial score (nSPS) is 12.3. The molecule has 0 atom stereocenters. The minimum absolute atomic E-state index is 0.580. The van der Waals surface area contributed by atoms with E-state index in [0.717, 1.165) is 33.4 Å². The first-order valence-corrected chi connectivity index (χ1v) is 14.1. The van der Waals surface area contributed by atoms with Gasteiger partial charge in [0.2, 0.25) is 0 Å². The van der Waals surface area contributed by atoms with Crippen LogP contribution in [0.5, 0.6) is 0 Å². The van der Waals surface area contributed by atoms with Gasteiger partial charge in [0.25, 0.3) is 0 Å². The van der Waals surface area contributed by atoms with Gasteiger partial charge in [0.05, 0.1) is 0 Å². The van der Waals surface area contributed by atoms with Crippen molar-refractivity contribution in [2.75, 3.05) is 0 Å². The lowest BCUT2D eigenvalue weighted by Gasteiger charge is -2.39. The fourth-order valence-corrected chi connectivity index (χ4v) is 7.41. The van der Waals surface area contributed by atoms with Crippen LogP contribution >= 0.6 is 46.4 Å². The van der Waals surface area contributed by atoms with Crippen LogP contribution in [-0.2, 0) is 20.7 Å². The summed E-state index contributed by atoms with van der Waals surface area (Å²) in [5.74, 6) is 0. The van der Waals surface area contributed by atoms with E-state index < -0.39 is 20.7 Å². The molecule has 0 aromatic heterocycles.